The van der Waals surface area contributed by atoms with Crippen molar-refractivity contribution < 1.29 is 21.6 Å². The summed E-state index contributed by atoms with van der Waals surface area (Å²) in [5.74, 6) is 0. The van der Waals surface area contributed by atoms with E-state index in [2.05, 4.69) is 4.72 Å². The van der Waals surface area contributed by atoms with Crippen molar-refractivity contribution in [3.8, 4) is 0 Å². The third-order valence-electron chi connectivity index (χ3n) is 3.60. The molecule has 0 bridgehead atoms. The summed E-state index contributed by atoms with van der Waals surface area (Å²) in [7, 11) is -4.32. The second kappa shape index (κ2) is 7.76. The minimum atomic E-state index is -4.82. The molecular formula is C17H17ClF3NO2S. The maximum atomic E-state index is 13.1. The lowest BCUT2D eigenvalue weighted by Crippen LogP contribution is -2.34. The van der Waals surface area contributed by atoms with Crippen LogP contribution in [0.1, 0.15) is 24.5 Å². The van der Waals surface area contributed by atoms with E-state index in [9.17, 15) is 21.6 Å². The van der Waals surface area contributed by atoms with Crippen LogP contribution >= 0.6 is 11.6 Å². The van der Waals surface area contributed by atoms with Crippen LogP contribution in [-0.2, 0) is 22.6 Å². The lowest BCUT2D eigenvalue weighted by atomic mass is 10.1. The Morgan fingerprint density at radius 3 is 2.36 bits per heavy atom. The van der Waals surface area contributed by atoms with E-state index in [-0.39, 0.29) is 5.02 Å². The molecule has 1 N–H and O–H groups in total. The molecule has 136 valence electrons. The quantitative estimate of drug-likeness (QED) is 0.778. The highest BCUT2D eigenvalue weighted by Crippen LogP contribution is 2.35. The van der Waals surface area contributed by atoms with Gasteiger partial charge in [-0.2, -0.15) is 13.2 Å². The zero-order valence-electron chi connectivity index (χ0n) is 13.3. The highest BCUT2D eigenvalue weighted by Gasteiger charge is 2.37. The summed E-state index contributed by atoms with van der Waals surface area (Å²) in [6.45, 7) is 1.61. The number of aryl methyl sites for hydroxylation is 1. The Bertz CT molecular complexity index is 824. The van der Waals surface area contributed by atoms with Gasteiger partial charge in [0.2, 0.25) is 10.0 Å². The van der Waals surface area contributed by atoms with E-state index in [0.29, 0.717) is 18.9 Å². The van der Waals surface area contributed by atoms with Gasteiger partial charge in [-0.15, -0.1) is 0 Å². The molecule has 25 heavy (non-hydrogen) atoms. The number of benzene rings is 2. The topological polar surface area (TPSA) is 46.2 Å². The Labute approximate surface area is 149 Å². The molecule has 0 amide bonds. The van der Waals surface area contributed by atoms with E-state index < -0.39 is 32.7 Å². The molecule has 0 saturated heterocycles. The van der Waals surface area contributed by atoms with Crippen molar-refractivity contribution >= 4 is 21.6 Å². The van der Waals surface area contributed by atoms with Crippen LogP contribution in [0.15, 0.2) is 53.4 Å². The number of hydrogen-bond donors (Lipinski definition) is 1. The van der Waals surface area contributed by atoms with Crippen LogP contribution in [-0.4, -0.2) is 14.5 Å². The van der Waals surface area contributed by atoms with E-state index in [4.69, 9.17) is 11.6 Å². The van der Waals surface area contributed by atoms with Crippen LogP contribution in [0.4, 0.5) is 13.2 Å². The average molecular weight is 392 g/mol. The van der Waals surface area contributed by atoms with E-state index in [1.807, 2.05) is 30.3 Å². The Kier molecular flexibility index (Phi) is 6.13. The van der Waals surface area contributed by atoms with Gasteiger partial charge in [0.15, 0.2) is 0 Å². The molecule has 0 unspecified atom stereocenters. The fourth-order valence-corrected chi connectivity index (χ4v) is 4.03. The number of rotatable bonds is 6. The summed E-state index contributed by atoms with van der Waals surface area (Å²) < 4.78 is 66.4. The normalized spacial score (nSPS) is 13.6. The first kappa shape index (κ1) is 19.8. The monoisotopic (exact) mass is 391 g/mol. The molecule has 0 aliphatic rings. The molecule has 0 radical (unpaired) electrons. The van der Waals surface area contributed by atoms with E-state index in [1.54, 1.807) is 6.92 Å². The van der Waals surface area contributed by atoms with Crippen molar-refractivity contribution in [2.24, 2.45) is 0 Å². The third kappa shape index (κ3) is 5.45. The Morgan fingerprint density at radius 2 is 1.76 bits per heavy atom. The first-order valence-corrected chi connectivity index (χ1v) is 9.39. The summed E-state index contributed by atoms with van der Waals surface area (Å²) in [6, 6.07) is 11.5. The van der Waals surface area contributed by atoms with Gasteiger partial charge in [-0.05, 0) is 43.5 Å². The van der Waals surface area contributed by atoms with Gasteiger partial charge in [0.25, 0.3) is 0 Å². The molecule has 0 aliphatic carbocycles. The predicted molar refractivity (Wildman–Crippen MR) is 91.0 cm³/mol. The fourth-order valence-electron chi connectivity index (χ4n) is 2.37. The molecule has 2 rings (SSSR count). The van der Waals surface area contributed by atoms with Gasteiger partial charge >= 0.3 is 6.18 Å². The molecule has 2 aromatic carbocycles. The average Bonchev–Trinajstić information content (AvgIpc) is 2.52. The van der Waals surface area contributed by atoms with E-state index >= 15 is 0 Å². The van der Waals surface area contributed by atoms with Crippen molar-refractivity contribution in [1.29, 1.82) is 0 Å². The molecular weight excluding hydrogens is 375 g/mol. The summed E-state index contributed by atoms with van der Waals surface area (Å²) in [5, 5.41) is -0.177. The van der Waals surface area contributed by atoms with Crippen LogP contribution < -0.4 is 4.72 Å². The van der Waals surface area contributed by atoms with Crippen LogP contribution in [0, 0.1) is 0 Å². The largest absolute Gasteiger partial charge is 0.417 e. The van der Waals surface area contributed by atoms with E-state index in [0.717, 1.165) is 17.7 Å². The van der Waals surface area contributed by atoms with Gasteiger partial charge in [0.05, 0.1) is 10.5 Å². The molecule has 1 atom stereocenters. The highest BCUT2D eigenvalue weighted by atomic mass is 35.5. The molecule has 8 heteroatoms. The first-order valence-electron chi connectivity index (χ1n) is 7.52. The van der Waals surface area contributed by atoms with Crippen molar-refractivity contribution in [3.05, 3.63) is 64.7 Å². The van der Waals surface area contributed by atoms with Gasteiger partial charge < -0.3 is 0 Å². The number of nitrogens with one attached hydrogen (secondary N) is 1. The highest BCUT2D eigenvalue weighted by molar-refractivity contribution is 7.89. The Hall–Kier alpha value is -1.57. The van der Waals surface area contributed by atoms with Crippen LogP contribution in [0.5, 0.6) is 0 Å². The summed E-state index contributed by atoms with van der Waals surface area (Å²) in [6.07, 6.45) is -3.75. The zero-order chi connectivity index (χ0) is 18.7. The number of halogens is 4. The second-order valence-corrected chi connectivity index (χ2v) is 7.80. The van der Waals surface area contributed by atoms with Gasteiger partial charge in [0.1, 0.15) is 0 Å². The smallest absolute Gasteiger partial charge is 0.208 e. The van der Waals surface area contributed by atoms with Crippen LogP contribution in [0.25, 0.3) is 0 Å². The van der Waals surface area contributed by atoms with Crippen molar-refractivity contribution in [1.82, 2.24) is 4.72 Å². The molecule has 0 aliphatic heterocycles. The number of alkyl halides is 3. The van der Waals surface area contributed by atoms with Gasteiger partial charge in [0, 0.05) is 11.1 Å². The Morgan fingerprint density at radius 1 is 1.12 bits per heavy atom. The van der Waals surface area contributed by atoms with Gasteiger partial charge in [-0.3, -0.25) is 0 Å². The molecule has 3 nitrogen and oxygen atoms in total. The van der Waals surface area contributed by atoms with Gasteiger partial charge in [-0.25, -0.2) is 13.1 Å². The molecule has 0 fully saturated rings. The third-order valence-corrected chi connectivity index (χ3v) is 5.48. The fraction of sp³-hybridized carbons (Fsp3) is 0.294. The molecule has 0 heterocycles. The van der Waals surface area contributed by atoms with Crippen LogP contribution in [0.2, 0.25) is 5.02 Å². The number of hydrogen-bond acceptors (Lipinski definition) is 2. The Balaban J connectivity index is 2.16. The molecule has 0 spiro atoms. The number of sulfonamides is 1. The van der Waals surface area contributed by atoms with Crippen molar-refractivity contribution in [3.63, 3.8) is 0 Å². The summed E-state index contributed by atoms with van der Waals surface area (Å²) in [4.78, 5) is -0.823. The lowest BCUT2D eigenvalue weighted by molar-refractivity contribution is -0.139. The predicted octanol–water partition coefficient (Wildman–Crippen LogP) is 4.66. The second-order valence-electron chi connectivity index (χ2n) is 5.68. The van der Waals surface area contributed by atoms with E-state index in [1.165, 1.54) is 0 Å². The van der Waals surface area contributed by atoms with Gasteiger partial charge in [-0.1, -0.05) is 41.9 Å². The van der Waals surface area contributed by atoms with Crippen LogP contribution in [0.3, 0.4) is 0 Å². The van der Waals surface area contributed by atoms with Crippen molar-refractivity contribution in [2.45, 2.75) is 36.9 Å². The molecule has 2 aromatic rings. The SMILES string of the molecule is C[C@H](CCc1ccccc1)NS(=O)(=O)c1ccc(Cl)cc1C(F)(F)F. The maximum Gasteiger partial charge on any atom is 0.417 e. The minimum Gasteiger partial charge on any atom is -0.208 e. The summed E-state index contributed by atoms with van der Waals surface area (Å²) >= 11 is 5.58. The summed E-state index contributed by atoms with van der Waals surface area (Å²) in [5.41, 5.74) is -0.251. The zero-order valence-corrected chi connectivity index (χ0v) is 14.9. The lowest BCUT2D eigenvalue weighted by Gasteiger charge is -2.17. The first-order chi connectivity index (χ1) is 11.6. The molecule has 0 aromatic heterocycles. The maximum absolute atomic E-state index is 13.1. The standard InChI is InChI=1S/C17H17ClF3NO2S/c1-12(7-8-13-5-3-2-4-6-13)22-25(23,24)16-10-9-14(18)11-15(16)17(19,20)21/h2-6,9-12,22H,7-8H2,1H3/t12-/m1/s1. The van der Waals surface area contributed by atoms with Crippen molar-refractivity contribution in [2.75, 3.05) is 0 Å². The minimum absolute atomic E-state index is 0.177. The molecule has 0 saturated carbocycles.